The van der Waals surface area contributed by atoms with Gasteiger partial charge < -0.3 is 15.0 Å². The van der Waals surface area contributed by atoms with Crippen molar-refractivity contribution in [2.45, 2.75) is 84.3 Å². The Morgan fingerprint density at radius 1 is 1.08 bits per heavy atom. The molecule has 9 heteroatoms. The van der Waals surface area contributed by atoms with E-state index in [9.17, 15) is 18.0 Å². The molecule has 2 aromatic carbocycles. The molecule has 39 heavy (non-hydrogen) atoms. The van der Waals surface area contributed by atoms with Crippen LogP contribution in [0.15, 0.2) is 48.5 Å². The number of sulfonamides is 1. The maximum atomic E-state index is 13.6. The lowest BCUT2D eigenvalue weighted by Gasteiger charge is -2.32. The smallest absolute Gasteiger partial charge is 0.243 e. The van der Waals surface area contributed by atoms with Crippen LogP contribution in [-0.4, -0.2) is 56.6 Å². The minimum Gasteiger partial charge on any atom is -0.494 e. The summed E-state index contributed by atoms with van der Waals surface area (Å²) in [6.45, 7) is 6.81. The number of hydrogen-bond donors (Lipinski definition) is 1. The Kier molecular flexibility index (Phi) is 11.2. The van der Waals surface area contributed by atoms with Crippen molar-refractivity contribution >= 4 is 27.5 Å². The summed E-state index contributed by atoms with van der Waals surface area (Å²) in [5.41, 5.74) is 2.57. The number of amides is 2. The number of nitrogens with zero attached hydrogens (tertiary/aromatic N) is 2. The predicted molar refractivity (Wildman–Crippen MR) is 155 cm³/mol. The van der Waals surface area contributed by atoms with Gasteiger partial charge in [-0.1, -0.05) is 49.6 Å². The number of rotatable bonds is 14. The number of ether oxygens (including phenoxy) is 1. The normalized spacial score (nSPS) is 14.6. The number of carbonyl (C=O) groups is 2. The Hall–Kier alpha value is -3.07. The summed E-state index contributed by atoms with van der Waals surface area (Å²) in [5, 5.41) is 3.16. The number of anilines is 1. The largest absolute Gasteiger partial charge is 0.494 e. The molecule has 1 N–H and O–H groups in total. The van der Waals surface area contributed by atoms with E-state index in [-0.39, 0.29) is 30.8 Å². The van der Waals surface area contributed by atoms with E-state index in [0.717, 1.165) is 43.1 Å². The number of aryl methyl sites for hydroxylation is 1. The molecular formula is C30H43N3O5S. The van der Waals surface area contributed by atoms with E-state index in [1.54, 1.807) is 29.2 Å². The third-order valence-corrected chi connectivity index (χ3v) is 8.30. The number of nitrogens with one attached hydrogen (secondary N) is 1. The van der Waals surface area contributed by atoms with E-state index in [0.29, 0.717) is 37.4 Å². The van der Waals surface area contributed by atoms with E-state index in [2.05, 4.69) is 5.32 Å². The first kappa shape index (κ1) is 30.5. The number of carbonyl (C=O) groups excluding carboxylic acids is 2. The molecule has 1 fully saturated rings. The Morgan fingerprint density at radius 2 is 1.77 bits per heavy atom. The van der Waals surface area contributed by atoms with Gasteiger partial charge in [0, 0.05) is 25.6 Å². The molecule has 0 bridgehead atoms. The molecule has 8 nitrogen and oxygen atoms in total. The molecule has 0 aliphatic heterocycles. The molecule has 0 spiro atoms. The van der Waals surface area contributed by atoms with Crippen LogP contribution in [0.1, 0.15) is 69.9 Å². The highest BCUT2D eigenvalue weighted by molar-refractivity contribution is 7.92. The quantitative estimate of drug-likeness (QED) is 0.360. The topological polar surface area (TPSA) is 96.0 Å². The summed E-state index contributed by atoms with van der Waals surface area (Å²) in [6.07, 6.45) is 6.28. The van der Waals surface area contributed by atoms with Gasteiger partial charge >= 0.3 is 0 Å². The van der Waals surface area contributed by atoms with Gasteiger partial charge in [-0.05, 0) is 69.4 Å². The van der Waals surface area contributed by atoms with Crippen molar-refractivity contribution in [2.75, 3.05) is 23.7 Å². The summed E-state index contributed by atoms with van der Waals surface area (Å²) in [5.74, 6) is 0.390. The predicted octanol–water partition coefficient (Wildman–Crippen LogP) is 4.81. The lowest BCUT2D eigenvalue weighted by Crippen LogP contribution is -2.51. The Morgan fingerprint density at radius 3 is 2.36 bits per heavy atom. The van der Waals surface area contributed by atoms with Crippen LogP contribution in [0.5, 0.6) is 5.75 Å². The van der Waals surface area contributed by atoms with E-state index in [4.69, 9.17) is 4.74 Å². The summed E-state index contributed by atoms with van der Waals surface area (Å²) in [7, 11) is -3.56. The molecule has 0 heterocycles. The van der Waals surface area contributed by atoms with Crippen molar-refractivity contribution in [2.24, 2.45) is 0 Å². The standard InChI is InChI=1S/C30H43N3O5S/c1-5-28(30(35)31-25-13-7-8-14-25)32(22-24-12-9-11-23(3)21-24)29(34)15-10-20-33(39(4,36)37)26-16-18-27(19-17-26)38-6-2/h9,11-12,16-19,21,25,28H,5-8,10,13-15,20,22H2,1-4H3,(H,31,35). The highest BCUT2D eigenvalue weighted by atomic mass is 32.2. The second-order valence-electron chi connectivity index (χ2n) is 10.3. The van der Waals surface area contributed by atoms with E-state index >= 15 is 0 Å². The molecule has 1 aliphatic carbocycles. The van der Waals surface area contributed by atoms with Crippen LogP contribution < -0.4 is 14.4 Å². The fourth-order valence-corrected chi connectivity index (χ4v) is 6.14. The molecular weight excluding hydrogens is 514 g/mol. The molecule has 214 valence electrons. The summed E-state index contributed by atoms with van der Waals surface area (Å²) < 4.78 is 31.9. The van der Waals surface area contributed by atoms with Crippen LogP contribution in [0.3, 0.4) is 0 Å². The van der Waals surface area contributed by atoms with Crippen molar-refractivity contribution < 1.29 is 22.7 Å². The summed E-state index contributed by atoms with van der Waals surface area (Å²) >= 11 is 0. The zero-order valence-electron chi connectivity index (χ0n) is 23.7. The van der Waals surface area contributed by atoms with Crippen LogP contribution in [0.4, 0.5) is 5.69 Å². The average Bonchev–Trinajstić information content (AvgIpc) is 3.39. The number of benzene rings is 2. The minimum atomic E-state index is -3.56. The van der Waals surface area contributed by atoms with Crippen molar-refractivity contribution in [3.63, 3.8) is 0 Å². The van der Waals surface area contributed by atoms with Crippen LogP contribution in [0.2, 0.25) is 0 Å². The van der Waals surface area contributed by atoms with Crippen molar-refractivity contribution in [1.82, 2.24) is 10.2 Å². The van der Waals surface area contributed by atoms with Gasteiger partial charge in [-0.25, -0.2) is 8.42 Å². The lowest BCUT2D eigenvalue weighted by molar-refractivity contribution is -0.141. The van der Waals surface area contributed by atoms with E-state index in [1.165, 1.54) is 4.31 Å². The second-order valence-corrected chi connectivity index (χ2v) is 12.2. The molecule has 0 aromatic heterocycles. The summed E-state index contributed by atoms with van der Waals surface area (Å²) in [4.78, 5) is 28.6. The molecule has 1 atom stereocenters. The van der Waals surface area contributed by atoms with Crippen molar-refractivity contribution in [3.05, 3.63) is 59.7 Å². The Labute approximate surface area is 233 Å². The van der Waals surface area contributed by atoms with Crippen LogP contribution >= 0.6 is 0 Å². The lowest BCUT2D eigenvalue weighted by atomic mass is 10.1. The Balaban J connectivity index is 1.74. The van der Waals surface area contributed by atoms with Gasteiger partial charge in [0.1, 0.15) is 11.8 Å². The maximum Gasteiger partial charge on any atom is 0.243 e. The van der Waals surface area contributed by atoms with Gasteiger partial charge in [0.25, 0.3) is 0 Å². The van der Waals surface area contributed by atoms with Gasteiger partial charge in [-0.3, -0.25) is 13.9 Å². The molecule has 3 rings (SSSR count). The monoisotopic (exact) mass is 557 g/mol. The highest BCUT2D eigenvalue weighted by Crippen LogP contribution is 2.23. The number of hydrogen-bond acceptors (Lipinski definition) is 5. The highest BCUT2D eigenvalue weighted by Gasteiger charge is 2.30. The minimum absolute atomic E-state index is 0.113. The first-order chi connectivity index (χ1) is 18.6. The molecule has 2 amide bonds. The van der Waals surface area contributed by atoms with Gasteiger partial charge in [0.05, 0.1) is 18.6 Å². The van der Waals surface area contributed by atoms with Crippen LogP contribution in [0.25, 0.3) is 0 Å². The third kappa shape index (κ3) is 8.98. The van der Waals surface area contributed by atoms with Crippen LogP contribution in [-0.2, 0) is 26.2 Å². The zero-order chi connectivity index (χ0) is 28.4. The molecule has 0 radical (unpaired) electrons. The Bertz CT molecular complexity index is 1190. The first-order valence-electron chi connectivity index (χ1n) is 14.0. The van der Waals surface area contributed by atoms with E-state index in [1.807, 2.05) is 45.0 Å². The van der Waals surface area contributed by atoms with Gasteiger partial charge in [-0.2, -0.15) is 0 Å². The maximum absolute atomic E-state index is 13.6. The van der Waals surface area contributed by atoms with Crippen molar-refractivity contribution in [1.29, 1.82) is 0 Å². The molecule has 1 aliphatic rings. The van der Waals surface area contributed by atoms with Gasteiger partial charge in [-0.15, -0.1) is 0 Å². The third-order valence-electron chi connectivity index (χ3n) is 7.11. The van der Waals surface area contributed by atoms with E-state index < -0.39 is 16.1 Å². The average molecular weight is 558 g/mol. The van der Waals surface area contributed by atoms with Crippen molar-refractivity contribution in [3.8, 4) is 5.75 Å². The fraction of sp³-hybridized carbons (Fsp3) is 0.533. The molecule has 1 unspecified atom stereocenters. The molecule has 0 saturated heterocycles. The van der Waals surface area contributed by atoms with Gasteiger partial charge in [0.2, 0.25) is 21.8 Å². The molecule has 1 saturated carbocycles. The fourth-order valence-electron chi connectivity index (χ4n) is 5.17. The van der Waals surface area contributed by atoms with Crippen LogP contribution in [0, 0.1) is 6.92 Å². The zero-order valence-corrected chi connectivity index (χ0v) is 24.5. The second kappa shape index (κ2) is 14.4. The first-order valence-corrected chi connectivity index (χ1v) is 15.8. The molecule has 2 aromatic rings. The SMILES string of the molecule is CCOc1ccc(N(CCCC(=O)N(Cc2cccc(C)c2)C(CC)C(=O)NC2CCCC2)S(C)(=O)=O)cc1. The summed E-state index contributed by atoms with van der Waals surface area (Å²) in [6, 6.07) is 14.4. The van der Waals surface area contributed by atoms with Gasteiger partial charge in [0.15, 0.2) is 0 Å².